The third-order valence-corrected chi connectivity index (χ3v) is 5.39. The van der Waals surface area contributed by atoms with Crippen molar-refractivity contribution >= 4 is 13.4 Å². The van der Waals surface area contributed by atoms with Crippen LogP contribution in [0.15, 0.2) is 49.2 Å². The molecule has 0 aliphatic rings. The molecule has 0 aliphatic carbocycles. The summed E-state index contributed by atoms with van der Waals surface area (Å²) in [7, 11) is -1.36. The Kier molecular flexibility index (Phi) is 4.50. The Morgan fingerprint density at radius 1 is 1.33 bits per heavy atom. The Morgan fingerprint density at radius 2 is 2.13 bits per heavy atom. The molecule has 0 saturated carbocycles. The average molecular weight is 217 g/mol. The van der Waals surface area contributed by atoms with E-state index in [1.54, 1.807) is 0 Å². The van der Waals surface area contributed by atoms with Gasteiger partial charge in [-0.15, -0.1) is 6.58 Å². The molecule has 0 unspecified atom stereocenters. The second kappa shape index (κ2) is 5.66. The third kappa shape index (κ3) is 3.84. The highest BCUT2D eigenvalue weighted by molar-refractivity contribution is 6.89. The van der Waals surface area contributed by atoms with E-state index in [9.17, 15) is 0 Å². The molecule has 0 fully saturated rings. The molecule has 0 radical (unpaired) electrons. The summed E-state index contributed by atoms with van der Waals surface area (Å²) in [6, 6.07) is 7.34. The zero-order chi connectivity index (χ0) is 11.1. The second-order valence-electron chi connectivity index (χ2n) is 4.30. The van der Waals surface area contributed by atoms with Crippen LogP contribution in [0.5, 0.6) is 0 Å². The van der Waals surface area contributed by atoms with Gasteiger partial charge in [-0.3, -0.25) is 4.98 Å². The first-order valence-electron chi connectivity index (χ1n) is 5.34. The van der Waals surface area contributed by atoms with Crippen LogP contribution < -0.4 is 5.32 Å². The van der Waals surface area contributed by atoms with Crippen molar-refractivity contribution in [3.63, 3.8) is 0 Å². The average Bonchev–Trinajstić information content (AvgIpc) is 2.26. The molecule has 0 N–H and O–H groups in total. The number of allylic oxidation sites excluding steroid dienone is 3. The minimum absolute atomic E-state index is 0.965. The van der Waals surface area contributed by atoms with Gasteiger partial charge in [-0.25, -0.2) is 0 Å². The van der Waals surface area contributed by atoms with E-state index in [2.05, 4.69) is 48.9 Å². The summed E-state index contributed by atoms with van der Waals surface area (Å²) in [5.41, 5.74) is 0. The van der Waals surface area contributed by atoms with E-state index in [4.69, 9.17) is 0 Å². The van der Waals surface area contributed by atoms with Crippen molar-refractivity contribution in [1.29, 1.82) is 0 Å². The van der Waals surface area contributed by atoms with Gasteiger partial charge in [-0.1, -0.05) is 37.4 Å². The van der Waals surface area contributed by atoms with E-state index in [0.29, 0.717) is 0 Å². The Hall–Kier alpha value is -1.15. The Balaban J connectivity index is 2.63. The fourth-order valence-electron chi connectivity index (χ4n) is 1.44. The number of hydrogen-bond donors (Lipinski definition) is 0. The lowest BCUT2D eigenvalue weighted by Gasteiger charge is -2.19. The van der Waals surface area contributed by atoms with E-state index < -0.39 is 8.07 Å². The van der Waals surface area contributed by atoms with Gasteiger partial charge in [0.1, 0.15) is 8.07 Å². The molecule has 1 rings (SSSR count). The molecule has 1 aromatic heterocycles. The van der Waals surface area contributed by atoms with Gasteiger partial charge >= 0.3 is 0 Å². The number of nitrogens with zero attached hydrogens (tertiary/aromatic N) is 1. The Bertz CT molecular complexity index is 328. The number of aromatic nitrogens is 1. The van der Waals surface area contributed by atoms with Crippen LogP contribution >= 0.6 is 0 Å². The highest BCUT2D eigenvalue weighted by atomic mass is 28.3. The quantitative estimate of drug-likeness (QED) is 0.545. The van der Waals surface area contributed by atoms with Crippen molar-refractivity contribution in [3.8, 4) is 0 Å². The first-order chi connectivity index (χ1) is 7.17. The second-order valence-corrected chi connectivity index (χ2v) is 8.99. The van der Waals surface area contributed by atoms with Crippen molar-refractivity contribution in [2.24, 2.45) is 0 Å². The summed E-state index contributed by atoms with van der Waals surface area (Å²) < 4.78 is 0. The summed E-state index contributed by atoms with van der Waals surface area (Å²) >= 11 is 0. The van der Waals surface area contributed by atoms with Crippen LogP contribution in [0.1, 0.15) is 6.42 Å². The summed E-state index contributed by atoms with van der Waals surface area (Å²) in [6.07, 6.45) is 9.23. The summed E-state index contributed by atoms with van der Waals surface area (Å²) in [5, 5.41) is 1.29. The van der Waals surface area contributed by atoms with Crippen LogP contribution in [0, 0.1) is 0 Å². The van der Waals surface area contributed by atoms with E-state index in [1.807, 2.05) is 18.3 Å². The standard InChI is InChI=1S/C13H19NSi/c1-4-5-6-9-12-15(2,3)13-10-7-8-11-14-13/h4,6-11H,1,5,12H2,2-3H3/b9-6+. The van der Waals surface area contributed by atoms with Crippen LogP contribution in [0.2, 0.25) is 19.1 Å². The van der Waals surface area contributed by atoms with Gasteiger partial charge in [0.05, 0.1) is 0 Å². The lowest BCUT2D eigenvalue weighted by Crippen LogP contribution is -2.42. The molecular formula is C13H19NSi. The smallest absolute Gasteiger partial charge is 0.108 e. The summed E-state index contributed by atoms with van der Waals surface area (Å²) in [6.45, 7) is 8.41. The van der Waals surface area contributed by atoms with Crippen LogP contribution in [0.3, 0.4) is 0 Å². The zero-order valence-electron chi connectivity index (χ0n) is 9.61. The van der Waals surface area contributed by atoms with Crippen LogP contribution in [0.4, 0.5) is 0 Å². The van der Waals surface area contributed by atoms with E-state index in [1.165, 1.54) is 5.32 Å². The molecule has 1 heterocycles. The van der Waals surface area contributed by atoms with E-state index in [0.717, 1.165) is 12.5 Å². The number of rotatable bonds is 5. The SMILES string of the molecule is C=CC/C=C/C[Si](C)(C)c1ccccn1. The Morgan fingerprint density at radius 3 is 2.73 bits per heavy atom. The minimum Gasteiger partial charge on any atom is -0.266 e. The normalized spacial score (nSPS) is 11.9. The first-order valence-corrected chi connectivity index (χ1v) is 8.55. The molecule has 1 nitrogen and oxygen atoms in total. The molecule has 0 bridgehead atoms. The monoisotopic (exact) mass is 217 g/mol. The lowest BCUT2D eigenvalue weighted by molar-refractivity contribution is 1.33. The van der Waals surface area contributed by atoms with Crippen LogP contribution in [-0.2, 0) is 0 Å². The van der Waals surface area contributed by atoms with Gasteiger partial charge in [0.25, 0.3) is 0 Å². The van der Waals surface area contributed by atoms with Crippen LogP contribution in [0.25, 0.3) is 0 Å². The van der Waals surface area contributed by atoms with Crippen molar-refractivity contribution in [2.45, 2.75) is 25.6 Å². The fraction of sp³-hybridized carbons (Fsp3) is 0.308. The molecule has 15 heavy (non-hydrogen) atoms. The maximum atomic E-state index is 4.46. The van der Waals surface area contributed by atoms with Gasteiger partial charge in [-0.2, -0.15) is 0 Å². The van der Waals surface area contributed by atoms with Crippen molar-refractivity contribution in [3.05, 3.63) is 49.2 Å². The molecular weight excluding hydrogens is 198 g/mol. The number of pyridine rings is 1. The molecule has 0 amide bonds. The summed E-state index contributed by atoms with van der Waals surface area (Å²) in [4.78, 5) is 4.46. The third-order valence-electron chi connectivity index (χ3n) is 2.46. The maximum absolute atomic E-state index is 4.46. The molecule has 0 saturated heterocycles. The van der Waals surface area contributed by atoms with Gasteiger partial charge in [0.15, 0.2) is 0 Å². The molecule has 80 valence electrons. The largest absolute Gasteiger partial charge is 0.266 e. The number of hydrogen-bond acceptors (Lipinski definition) is 1. The van der Waals surface area contributed by atoms with Crippen molar-refractivity contribution in [1.82, 2.24) is 4.98 Å². The topological polar surface area (TPSA) is 12.9 Å². The lowest BCUT2D eigenvalue weighted by atomic mass is 10.4. The molecule has 0 atom stereocenters. The van der Waals surface area contributed by atoms with E-state index >= 15 is 0 Å². The van der Waals surface area contributed by atoms with Gasteiger partial charge in [0.2, 0.25) is 0 Å². The molecule has 1 aromatic rings. The predicted molar refractivity (Wildman–Crippen MR) is 70.1 cm³/mol. The van der Waals surface area contributed by atoms with Crippen molar-refractivity contribution in [2.75, 3.05) is 0 Å². The first kappa shape index (κ1) is 11.9. The predicted octanol–water partition coefficient (Wildman–Crippen LogP) is 3.13. The van der Waals surface area contributed by atoms with Crippen molar-refractivity contribution < 1.29 is 0 Å². The summed E-state index contributed by atoms with van der Waals surface area (Å²) in [5.74, 6) is 0. The highest BCUT2D eigenvalue weighted by Gasteiger charge is 2.22. The molecule has 0 aliphatic heterocycles. The minimum atomic E-state index is -1.36. The van der Waals surface area contributed by atoms with Crippen LogP contribution in [-0.4, -0.2) is 13.1 Å². The highest BCUT2D eigenvalue weighted by Crippen LogP contribution is 2.09. The molecule has 2 heteroatoms. The Labute approximate surface area is 93.6 Å². The maximum Gasteiger partial charge on any atom is 0.108 e. The fourth-order valence-corrected chi connectivity index (χ4v) is 3.37. The zero-order valence-corrected chi connectivity index (χ0v) is 10.6. The van der Waals surface area contributed by atoms with E-state index in [-0.39, 0.29) is 0 Å². The van der Waals surface area contributed by atoms with Gasteiger partial charge < -0.3 is 0 Å². The van der Waals surface area contributed by atoms with Gasteiger partial charge in [-0.05, 0) is 24.6 Å². The molecule has 0 spiro atoms. The molecule has 0 aromatic carbocycles. The van der Waals surface area contributed by atoms with Gasteiger partial charge in [0, 0.05) is 11.5 Å².